The van der Waals surface area contributed by atoms with Crippen LogP contribution < -0.4 is 10.6 Å². The molecule has 2 aromatic carbocycles. The average Bonchev–Trinajstić information content (AvgIpc) is 3.10. The Kier molecular flexibility index (Phi) is 5.28. The second-order valence-electron chi connectivity index (χ2n) is 6.00. The quantitative estimate of drug-likeness (QED) is 0.897. The lowest BCUT2D eigenvalue weighted by atomic mass is 10.2. The number of hydrogen-bond donors (Lipinski definition) is 2. The summed E-state index contributed by atoms with van der Waals surface area (Å²) in [7, 11) is 0. The van der Waals surface area contributed by atoms with E-state index in [0.29, 0.717) is 25.2 Å². The molecule has 0 saturated carbocycles. The molecule has 3 amide bonds. The van der Waals surface area contributed by atoms with Crippen molar-refractivity contribution in [2.45, 2.75) is 25.4 Å². The Morgan fingerprint density at radius 1 is 1.12 bits per heavy atom. The van der Waals surface area contributed by atoms with Crippen LogP contribution in [0.3, 0.4) is 0 Å². The van der Waals surface area contributed by atoms with Crippen molar-refractivity contribution < 1.29 is 14.0 Å². The molecule has 0 spiro atoms. The summed E-state index contributed by atoms with van der Waals surface area (Å²) in [4.78, 5) is 26.4. The zero-order chi connectivity index (χ0) is 17.6. The third-order valence-corrected chi connectivity index (χ3v) is 4.20. The molecule has 0 radical (unpaired) electrons. The molecule has 1 fully saturated rings. The standard InChI is InChI=1S/C19H20FN3O2/c20-15-8-4-9-16(12-15)22-19(25)23-11-5-10-17(23)18(24)21-13-14-6-2-1-3-7-14/h1-4,6-9,12,17H,5,10-11,13H2,(H,21,24)(H,22,25)/t17-/m1/s1. The van der Waals surface area contributed by atoms with E-state index in [1.54, 1.807) is 6.07 Å². The Morgan fingerprint density at radius 3 is 2.68 bits per heavy atom. The molecule has 1 atom stereocenters. The second kappa shape index (κ2) is 7.79. The molecule has 2 aromatic rings. The third kappa shape index (κ3) is 4.35. The Hall–Kier alpha value is -2.89. The lowest BCUT2D eigenvalue weighted by Crippen LogP contribution is -2.47. The van der Waals surface area contributed by atoms with Crippen molar-refractivity contribution in [2.24, 2.45) is 0 Å². The van der Waals surface area contributed by atoms with Crippen LogP contribution in [0.15, 0.2) is 54.6 Å². The fraction of sp³-hybridized carbons (Fsp3) is 0.263. The van der Waals surface area contributed by atoms with Gasteiger partial charge in [-0.25, -0.2) is 9.18 Å². The minimum Gasteiger partial charge on any atom is -0.350 e. The third-order valence-electron chi connectivity index (χ3n) is 4.20. The molecule has 130 valence electrons. The van der Waals surface area contributed by atoms with E-state index in [1.165, 1.54) is 23.1 Å². The molecule has 25 heavy (non-hydrogen) atoms. The molecule has 0 unspecified atom stereocenters. The van der Waals surface area contributed by atoms with Crippen LogP contribution in [-0.2, 0) is 11.3 Å². The number of amides is 3. The molecule has 0 bridgehead atoms. The van der Waals surface area contributed by atoms with E-state index >= 15 is 0 Å². The summed E-state index contributed by atoms with van der Waals surface area (Å²) in [6, 6.07) is 14.4. The summed E-state index contributed by atoms with van der Waals surface area (Å²) in [6.45, 7) is 0.931. The van der Waals surface area contributed by atoms with Gasteiger partial charge in [-0.1, -0.05) is 36.4 Å². The first-order valence-electron chi connectivity index (χ1n) is 8.28. The van der Waals surface area contributed by atoms with Crippen molar-refractivity contribution in [1.82, 2.24) is 10.2 Å². The normalized spacial score (nSPS) is 16.5. The highest BCUT2D eigenvalue weighted by Gasteiger charge is 2.34. The Morgan fingerprint density at radius 2 is 1.92 bits per heavy atom. The molecule has 1 heterocycles. The second-order valence-corrected chi connectivity index (χ2v) is 6.00. The van der Waals surface area contributed by atoms with Crippen LogP contribution in [0.2, 0.25) is 0 Å². The Balaban J connectivity index is 1.59. The van der Waals surface area contributed by atoms with Crippen LogP contribution in [-0.4, -0.2) is 29.4 Å². The van der Waals surface area contributed by atoms with Crippen LogP contribution in [0.4, 0.5) is 14.9 Å². The largest absolute Gasteiger partial charge is 0.350 e. The summed E-state index contributed by atoms with van der Waals surface area (Å²) >= 11 is 0. The molecular weight excluding hydrogens is 321 g/mol. The van der Waals surface area contributed by atoms with Gasteiger partial charge in [0.05, 0.1) is 0 Å². The van der Waals surface area contributed by atoms with Crippen molar-refractivity contribution in [3.8, 4) is 0 Å². The summed E-state index contributed by atoms with van der Waals surface area (Å²) in [5.41, 5.74) is 1.38. The van der Waals surface area contributed by atoms with Gasteiger partial charge in [0, 0.05) is 18.8 Å². The van der Waals surface area contributed by atoms with Gasteiger partial charge < -0.3 is 15.5 Å². The molecule has 6 heteroatoms. The molecule has 3 rings (SSSR count). The van der Waals surface area contributed by atoms with E-state index in [4.69, 9.17) is 0 Å². The first-order chi connectivity index (χ1) is 12.1. The predicted octanol–water partition coefficient (Wildman–Crippen LogP) is 3.14. The summed E-state index contributed by atoms with van der Waals surface area (Å²) in [5.74, 6) is -0.591. The van der Waals surface area contributed by atoms with Crippen LogP contribution in [0.5, 0.6) is 0 Å². The van der Waals surface area contributed by atoms with Crippen molar-refractivity contribution in [1.29, 1.82) is 0 Å². The molecule has 0 aromatic heterocycles. The topological polar surface area (TPSA) is 61.4 Å². The number of carbonyl (C=O) groups is 2. The molecule has 1 aliphatic heterocycles. The van der Waals surface area contributed by atoms with Gasteiger partial charge in [-0.3, -0.25) is 4.79 Å². The zero-order valence-corrected chi connectivity index (χ0v) is 13.7. The van der Waals surface area contributed by atoms with Gasteiger partial charge in [0.1, 0.15) is 11.9 Å². The molecular formula is C19H20FN3O2. The van der Waals surface area contributed by atoms with Crippen molar-refractivity contribution in [2.75, 3.05) is 11.9 Å². The molecule has 1 saturated heterocycles. The number of nitrogens with zero attached hydrogens (tertiary/aromatic N) is 1. The Bertz CT molecular complexity index is 751. The minimum atomic E-state index is -0.503. The maximum absolute atomic E-state index is 13.2. The maximum Gasteiger partial charge on any atom is 0.322 e. The number of anilines is 1. The number of hydrogen-bond acceptors (Lipinski definition) is 2. The number of carbonyl (C=O) groups excluding carboxylic acids is 2. The predicted molar refractivity (Wildman–Crippen MR) is 93.4 cm³/mol. The first kappa shape index (κ1) is 17.0. The summed E-state index contributed by atoms with van der Waals surface area (Å²) in [5, 5.41) is 5.53. The molecule has 5 nitrogen and oxygen atoms in total. The van der Waals surface area contributed by atoms with Crippen LogP contribution in [0, 0.1) is 5.82 Å². The number of nitrogens with one attached hydrogen (secondary N) is 2. The summed E-state index contributed by atoms with van der Waals surface area (Å²) in [6.07, 6.45) is 1.39. The maximum atomic E-state index is 13.2. The number of halogens is 1. The van der Waals surface area contributed by atoms with Crippen molar-refractivity contribution in [3.05, 3.63) is 66.0 Å². The van der Waals surface area contributed by atoms with Gasteiger partial charge in [0.25, 0.3) is 0 Å². The van der Waals surface area contributed by atoms with Gasteiger partial charge in [-0.05, 0) is 36.6 Å². The van der Waals surface area contributed by atoms with Gasteiger partial charge in [0.2, 0.25) is 5.91 Å². The van der Waals surface area contributed by atoms with E-state index < -0.39 is 11.9 Å². The smallest absolute Gasteiger partial charge is 0.322 e. The highest BCUT2D eigenvalue weighted by atomic mass is 19.1. The fourth-order valence-corrected chi connectivity index (χ4v) is 2.95. The number of rotatable bonds is 4. The highest BCUT2D eigenvalue weighted by molar-refractivity contribution is 5.94. The molecule has 0 aliphatic carbocycles. The average molecular weight is 341 g/mol. The van der Waals surface area contributed by atoms with Gasteiger partial charge in [-0.2, -0.15) is 0 Å². The molecule has 2 N–H and O–H groups in total. The van der Waals surface area contributed by atoms with E-state index in [0.717, 1.165) is 12.0 Å². The van der Waals surface area contributed by atoms with Crippen molar-refractivity contribution >= 4 is 17.6 Å². The Labute approximate surface area is 145 Å². The lowest BCUT2D eigenvalue weighted by molar-refractivity contribution is -0.124. The van der Waals surface area contributed by atoms with Crippen LogP contribution in [0.1, 0.15) is 18.4 Å². The van der Waals surface area contributed by atoms with Crippen LogP contribution in [0.25, 0.3) is 0 Å². The number of urea groups is 1. The van der Waals surface area contributed by atoms with Gasteiger partial charge in [-0.15, -0.1) is 0 Å². The van der Waals surface area contributed by atoms with Gasteiger partial charge in [0.15, 0.2) is 0 Å². The molecule has 1 aliphatic rings. The SMILES string of the molecule is O=C(NCc1ccccc1)[C@H]1CCCN1C(=O)Nc1cccc(F)c1. The van der Waals surface area contributed by atoms with E-state index in [2.05, 4.69) is 10.6 Å². The van der Waals surface area contributed by atoms with E-state index in [9.17, 15) is 14.0 Å². The fourth-order valence-electron chi connectivity index (χ4n) is 2.95. The van der Waals surface area contributed by atoms with E-state index in [1.807, 2.05) is 30.3 Å². The van der Waals surface area contributed by atoms with Gasteiger partial charge >= 0.3 is 6.03 Å². The number of likely N-dealkylation sites (tertiary alicyclic amines) is 1. The lowest BCUT2D eigenvalue weighted by Gasteiger charge is -2.24. The number of benzene rings is 2. The van der Waals surface area contributed by atoms with Crippen LogP contribution >= 0.6 is 0 Å². The first-order valence-corrected chi connectivity index (χ1v) is 8.28. The summed E-state index contributed by atoms with van der Waals surface area (Å²) < 4.78 is 13.2. The van der Waals surface area contributed by atoms with E-state index in [-0.39, 0.29) is 11.9 Å². The monoisotopic (exact) mass is 341 g/mol. The minimum absolute atomic E-state index is 0.171. The highest BCUT2D eigenvalue weighted by Crippen LogP contribution is 2.19. The van der Waals surface area contributed by atoms with Crippen molar-refractivity contribution in [3.63, 3.8) is 0 Å². The zero-order valence-electron chi connectivity index (χ0n) is 13.7.